The summed E-state index contributed by atoms with van der Waals surface area (Å²) in [5.41, 5.74) is 1.96. The largest absolute Gasteiger partial charge is 0.319 e. The van der Waals surface area contributed by atoms with Crippen molar-refractivity contribution in [3.8, 4) is 0 Å². The van der Waals surface area contributed by atoms with Crippen LogP contribution in [0, 0.1) is 19.7 Å². The molecule has 0 aliphatic rings. The Morgan fingerprint density at radius 3 is 2.39 bits per heavy atom. The molecule has 7 heteroatoms. The SMILES string of the molecule is Cc1cccc(NS(=O)(=O)c2cc(C(=O)Nc3ccccc3F)ccc2C)c1. The number of halogens is 1. The second-order valence-electron chi connectivity index (χ2n) is 6.39. The highest BCUT2D eigenvalue weighted by Crippen LogP contribution is 2.22. The predicted octanol–water partition coefficient (Wildman–Crippen LogP) is 4.50. The first-order valence-electron chi connectivity index (χ1n) is 8.52. The maximum absolute atomic E-state index is 13.8. The molecule has 5 nitrogen and oxygen atoms in total. The van der Waals surface area contributed by atoms with E-state index in [9.17, 15) is 17.6 Å². The number of nitrogens with one attached hydrogen (secondary N) is 2. The van der Waals surface area contributed by atoms with E-state index in [1.165, 1.54) is 30.3 Å². The summed E-state index contributed by atoms with van der Waals surface area (Å²) < 4.78 is 41.9. The van der Waals surface area contributed by atoms with E-state index in [0.717, 1.165) is 5.56 Å². The van der Waals surface area contributed by atoms with Crippen LogP contribution < -0.4 is 10.0 Å². The molecule has 0 radical (unpaired) electrons. The first kappa shape index (κ1) is 19.6. The lowest BCUT2D eigenvalue weighted by atomic mass is 10.1. The number of benzene rings is 3. The third kappa shape index (κ3) is 4.37. The van der Waals surface area contributed by atoms with E-state index in [0.29, 0.717) is 11.3 Å². The molecule has 1 amide bonds. The maximum atomic E-state index is 13.8. The van der Waals surface area contributed by atoms with Gasteiger partial charge in [0.15, 0.2) is 0 Å². The van der Waals surface area contributed by atoms with Gasteiger partial charge in [0.1, 0.15) is 5.82 Å². The molecule has 0 saturated carbocycles. The van der Waals surface area contributed by atoms with Crippen LogP contribution in [-0.2, 0) is 10.0 Å². The van der Waals surface area contributed by atoms with E-state index in [1.54, 1.807) is 37.3 Å². The van der Waals surface area contributed by atoms with Crippen LogP contribution in [0.1, 0.15) is 21.5 Å². The maximum Gasteiger partial charge on any atom is 0.262 e. The van der Waals surface area contributed by atoms with Crippen molar-refractivity contribution >= 4 is 27.3 Å². The van der Waals surface area contributed by atoms with E-state index >= 15 is 0 Å². The number of carbonyl (C=O) groups is 1. The summed E-state index contributed by atoms with van der Waals surface area (Å²) in [6.45, 7) is 3.50. The Hall–Kier alpha value is -3.19. The summed E-state index contributed by atoms with van der Waals surface area (Å²) >= 11 is 0. The van der Waals surface area contributed by atoms with Crippen molar-refractivity contribution in [2.75, 3.05) is 10.0 Å². The average molecular weight is 398 g/mol. The Kier molecular flexibility index (Phi) is 5.46. The molecule has 0 spiro atoms. The molecule has 0 aliphatic heterocycles. The Morgan fingerprint density at radius 1 is 0.929 bits per heavy atom. The van der Waals surface area contributed by atoms with Crippen LogP contribution in [-0.4, -0.2) is 14.3 Å². The van der Waals surface area contributed by atoms with Crippen molar-refractivity contribution in [1.29, 1.82) is 0 Å². The van der Waals surface area contributed by atoms with Crippen molar-refractivity contribution in [2.24, 2.45) is 0 Å². The molecule has 0 atom stereocenters. The fourth-order valence-electron chi connectivity index (χ4n) is 2.71. The van der Waals surface area contributed by atoms with Gasteiger partial charge in [-0.15, -0.1) is 0 Å². The first-order chi connectivity index (χ1) is 13.3. The van der Waals surface area contributed by atoms with E-state index in [2.05, 4.69) is 10.0 Å². The summed E-state index contributed by atoms with van der Waals surface area (Å²) in [5.74, 6) is -1.17. The number of sulfonamides is 1. The second kappa shape index (κ2) is 7.82. The van der Waals surface area contributed by atoms with Crippen molar-refractivity contribution < 1.29 is 17.6 Å². The van der Waals surface area contributed by atoms with Gasteiger partial charge in [-0.1, -0.05) is 30.3 Å². The van der Waals surface area contributed by atoms with Crippen LogP contribution >= 0.6 is 0 Å². The number of amides is 1. The number of anilines is 2. The third-order valence-corrected chi connectivity index (χ3v) is 5.66. The predicted molar refractivity (Wildman–Crippen MR) is 108 cm³/mol. The van der Waals surface area contributed by atoms with Crippen molar-refractivity contribution in [2.45, 2.75) is 18.7 Å². The van der Waals surface area contributed by atoms with E-state index in [4.69, 9.17) is 0 Å². The quantitative estimate of drug-likeness (QED) is 0.665. The number of para-hydroxylation sites is 1. The van der Waals surface area contributed by atoms with Crippen LogP contribution in [0.25, 0.3) is 0 Å². The second-order valence-corrected chi connectivity index (χ2v) is 8.04. The van der Waals surface area contributed by atoms with Crippen LogP contribution in [0.5, 0.6) is 0 Å². The summed E-state index contributed by atoms with van der Waals surface area (Å²) in [6.07, 6.45) is 0. The smallest absolute Gasteiger partial charge is 0.262 e. The monoisotopic (exact) mass is 398 g/mol. The molecule has 144 valence electrons. The molecule has 0 unspecified atom stereocenters. The molecule has 0 aliphatic carbocycles. The van der Waals surface area contributed by atoms with Crippen LogP contribution in [0.3, 0.4) is 0 Å². The highest BCUT2D eigenvalue weighted by Gasteiger charge is 2.20. The average Bonchev–Trinajstić information content (AvgIpc) is 2.63. The minimum absolute atomic E-state index is 0.0183. The molecule has 3 aromatic rings. The lowest BCUT2D eigenvalue weighted by molar-refractivity contribution is 0.102. The third-order valence-electron chi connectivity index (χ3n) is 4.13. The van der Waals surface area contributed by atoms with Gasteiger partial charge >= 0.3 is 0 Å². The topological polar surface area (TPSA) is 75.3 Å². The molecule has 0 heterocycles. The molecular weight excluding hydrogens is 379 g/mol. The fourth-order valence-corrected chi connectivity index (χ4v) is 4.03. The van der Waals surface area contributed by atoms with Crippen molar-refractivity contribution in [3.05, 3.63) is 89.2 Å². The molecule has 0 fully saturated rings. The summed E-state index contributed by atoms with van der Waals surface area (Å²) in [7, 11) is -3.90. The summed E-state index contributed by atoms with van der Waals surface area (Å²) in [5, 5.41) is 2.45. The van der Waals surface area contributed by atoms with Gasteiger partial charge in [-0.3, -0.25) is 9.52 Å². The Balaban J connectivity index is 1.90. The number of aryl methyl sites for hydroxylation is 2. The molecule has 3 aromatic carbocycles. The fraction of sp³-hybridized carbons (Fsp3) is 0.0952. The van der Waals surface area contributed by atoms with Gasteiger partial charge in [0, 0.05) is 11.3 Å². The lowest BCUT2D eigenvalue weighted by Crippen LogP contribution is -2.17. The Morgan fingerprint density at radius 2 is 1.68 bits per heavy atom. The Bertz CT molecular complexity index is 1140. The number of rotatable bonds is 5. The standard InChI is InChI=1S/C21H19FN2O3S/c1-14-6-5-7-17(12-14)24-28(26,27)20-13-16(11-10-15(20)2)21(25)23-19-9-4-3-8-18(19)22/h3-13,24H,1-2H3,(H,23,25). The molecule has 0 aromatic heterocycles. The van der Waals surface area contributed by atoms with Crippen LogP contribution in [0.2, 0.25) is 0 Å². The minimum Gasteiger partial charge on any atom is -0.319 e. The van der Waals surface area contributed by atoms with E-state index in [1.807, 2.05) is 13.0 Å². The van der Waals surface area contributed by atoms with Gasteiger partial charge in [0.2, 0.25) is 0 Å². The van der Waals surface area contributed by atoms with Gasteiger partial charge in [-0.25, -0.2) is 12.8 Å². The zero-order valence-electron chi connectivity index (χ0n) is 15.4. The molecule has 0 saturated heterocycles. The van der Waals surface area contributed by atoms with Crippen LogP contribution in [0.15, 0.2) is 71.6 Å². The Labute approximate surface area is 163 Å². The molecule has 3 rings (SSSR count). The van der Waals surface area contributed by atoms with Gasteiger partial charge < -0.3 is 5.32 Å². The van der Waals surface area contributed by atoms with Gasteiger partial charge in [-0.05, 0) is 61.4 Å². The number of hydrogen-bond acceptors (Lipinski definition) is 3. The summed E-state index contributed by atoms with van der Waals surface area (Å²) in [4.78, 5) is 12.4. The molecular formula is C21H19FN2O3S. The number of hydrogen-bond donors (Lipinski definition) is 2. The van der Waals surface area contributed by atoms with E-state index in [-0.39, 0.29) is 16.1 Å². The van der Waals surface area contributed by atoms with Gasteiger partial charge in [0.25, 0.3) is 15.9 Å². The van der Waals surface area contributed by atoms with Gasteiger partial charge in [-0.2, -0.15) is 0 Å². The molecule has 2 N–H and O–H groups in total. The minimum atomic E-state index is -3.90. The zero-order valence-corrected chi connectivity index (χ0v) is 16.2. The van der Waals surface area contributed by atoms with Gasteiger partial charge in [0.05, 0.1) is 10.6 Å². The van der Waals surface area contributed by atoms with E-state index < -0.39 is 21.7 Å². The molecule has 0 bridgehead atoms. The highest BCUT2D eigenvalue weighted by molar-refractivity contribution is 7.92. The van der Waals surface area contributed by atoms with Crippen molar-refractivity contribution in [1.82, 2.24) is 0 Å². The number of carbonyl (C=O) groups excluding carboxylic acids is 1. The van der Waals surface area contributed by atoms with Crippen molar-refractivity contribution in [3.63, 3.8) is 0 Å². The zero-order chi connectivity index (χ0) is 20.3. The molecule has 28 heavy (non-hydrogen) atoms. The summed E-state index contributed by atoms with van der Waals surface area (Å²) in [6, 6.07) is 17.0. The normalized spacial score (nSPS) is 11.1. The first-order valence-corrected chi connectivity index (χ1v) is 10.0. The highest BCUT2D eigenvalue weighted by atomic mass is 32.2. The lowest BCUT2D eigenvalue weighted by Gasteiger charge is -2.13. The van der Waals surface area contributed by atoms with Crippen LogP contribution in [0.4, 0.5) is 15.8 Å².